The minimum absolute atomic E-state index is 0.0111. The number of nitrogens with one attached hydrogen (secondary N) is 1. The molecule has 6 nitrogen and oxygen atoms in total. The van der Waals surface area contributed by atoms with Gasteiger partial charge in [0, 0.05) is 26.6 Å². The molecule has 2 aliphatic rings. The van der Waals surface area contributed by atoms with Crippen LogP contribution in [0.25, 0.3) is 0 Å². The summed E-state index contributed by atoms with van der Waals surface area (Å²) >= 11 is 0. The highest BCUT2D eigenvalue weighted by atomic mass is 16.5. The van der Waals surface area contributed by atoms with Crippen LogP contribution in [0.4, 0.5) is 0 Å². The van der Waals surface area contributed by atoms with Gasteiger partial charge >= 0.3 is 0 Å². The summed E-state index contributed by atoms with van der Waals surface area (Å²) in [5.74, 6) is 0.0549. The van der Waals surface area contributed by atoms with Gasteiger partial charge in [-0.2, -0.15) is 0 Å². The fourth-order valence-corrected chi connectivity index (χ4v) is 2.97. The van der Waals surface area contributed by atoms with Gasteiger partial charge in [-0.15, -0.1) is 0 Å². The van der Waals surface area contributed by atoms with E-state index in [0.717, 1.165) is 25.7 Å². The number of ether oxygens (including phenoxy) is 2. The smallest absolute Gasteiger partial charge is 0.248 e. The van der Waals surface area contributed by atoms with Crippen LogP contribution in [0, 0.1) is 0 Å². The third-order valence-electron chi connectivity index (χ3n) is 4.08. The van der Waals surface area contributed by atoms with E-state index in [1.165, 1.54) is 0 Å². The number of amides is 2. The molecular formula is C14H24N2O4. The predicted octanol–water partition coefficient (Wildman–Crippen LogP) is 0.311. The van der Waals surface area contributed by atoms with E-state index in [9.17, 15) is 9.59 Å². The van der Waals surface area contributed by atoms with Gasteiger partial charge < -0.3 is 19.7 Å². The van der Waals surface area contributed by atoms with Gasteiger partial charge in [0.05, 0.1) is 19.8 Å². The summed E-state index contributed by atoms with van der Waals surface area (Å²) in [4.78, 5) is 26.3. The molecule has 2 rings (SSSR count). The highest BCUT2D eigenvalue weighted by Gasteiger charge is 2.46. The van der Waals surface area contributed by atoms with Gasteiger partial charge in [0.1, 0.15) is 5.54 Å². The van der Waals surface area contributed by atoms with Crippen LogP contribution >= 0.6 is 0 Å². The monoisotopic (exact) mass is 284 g/mol. The fraction of sp³-hybridized carbons (Fsp3) is 0.857. The van der Waals surface area contributed by atoms with Crippen molar-refractivity contribution in [2.24, 2.45) is 0 Å². The zero-order chi connectivity index (χ0) is 14.4. The Balaban J connectivity index is 1.90. The summed E-state index contributed by atoms with van der Waals surface area (Å²) < 4.78 is 10.3. The van der Waals surface area contributed by atoms with Crippen LogP contribution in [0.1, 0.15) is 32.1 Å². The summed E-state index contributed by atoms with van der Waals surface area (Å²) in [6.07, 6.45) is 3.91. The molecular weight excluding hydrogens is 260 g/mol. The lowest BCUT2D eigenvalue weighted by Gasteiger charge is -2.31. The summed E-state index contributed by atoms with van der Waals surface area (Å²) in [5, 5.41) is 2.95. The van der Waals surface area contributed by atoms with E-state index in [-0.39, 0.29) is 11.8 Å². The van der Waals surface area contributed by atoms with E-state index in [1.54, 1.807) is 12.0 Å². The maximum Gasteiger partial charge on any atom is 0.248 e. The van der Waals surface area contributed by atoms with Gasteiger partial charge in [-0.25, -0.2) is 0 Å². The summed E-state index contributed by atoms with van der Waals surface area (Å²) in [5.41, 5.74) is -0.639. The molecule has 1 aliphatic carbocycles. The van der Waals surface area contributed by atoms with Crippen LogP contribution in [0.3, 0.4) is 0 Å². The van der Waals surface area contributed by atoms with E-state index >= 15 is 0 Å². The molecule has 0 aromatic carbocycles. The van der Waals surface area contributed by atoms with E-state index in [0.29, 0.717) is 39.3 Å². The fourth-order valence-electron chi connectivity index (χ4n) is 2.97. The molecule has 0 radical (unpaired) electrons. The van der Waals surface area contributed by atoms with E-state index in [1.807, 2.05) is 0 Å². The van der Waals surface area contributed by atoms with E-state index in [4.69, 9.17) is 9.47 Å². The molecule has 0 bridgehead atoms. The summed E-state index contributed by atoms with van der Waals surface area (Å²) in [6, 6.07) is 0. The maximum atomic E-state index is 12.7. The van der Waals surface area contributed by atoms with Crippen molar-refractivity contribution in [1.29, 1.82) is 0 Å². The average Bonchev–Trinajstić information content (AvgIpc) is 2.86. The Morgan fingerprint density at radius 1 is 1.20 bits per heavy atom. The van der Waals surface area contributed by atoms with Crippen molar-refractivity contribution < 1.29 is 19.1 Å². The number of nitrogens with zero attached hydrogens (tertiary/aromatic N) is 1. The Kier molecular flexibility index (Phi) is 5.37. The zero-order valence-electron chi connectivity index (χ0n) is 12.2. The van der Waals surface area contributed by atoms with Crippen molar-refractivity contribution in [2.75, 3.05) is 40.0 Å². The van der Waals surface area contributed by atoms with Crippen molar-refractivity contribution in [3.8, 4) is 0 Å². The Bertz CT molecular complexity index is 353. The minimum atomic E-state index is -0.639. The lowest BCUT2D eigenvalue weighted by molar-refractivity contribution is -0.139. The molecule has 1 heterocycles. The first kappa shape index (κ1) is 15.3. The Hall–Kier alpha value is -1.14. The zero-order valence-corrected chi connectivity index (χ0v) is 12.2. The van der Waals surface area contributed by atoms with Gasteiger partial charge in [-0.3, -0.25) is 9.59 Å². The van der Waals surface area contributed by atoms with Gasteiger partial charge in [0.15, 0.2) is 0 Å². The molecule has 0 aromatic heterocycles. The Morgan fingerprint density at radius 3 is 2.65 bits per heavy atom. The maximum absolute atomic E-state index is 12.7. The van der Waals surface area contributed by atoms with Crippen LogP contribution in [0.2, 0.25) is 0 Å². The van der Waals surface area contributed by atoms with E-state index in [2.05, 4.69) is 5.32 Å². The predicted molar refractivity (Wildman–Crippen MR) is 73.2 cm³/mol. The van der Waals surface area contributed by atoms with Crippen LogP contribution in [-0.2, 0) is 19.1 Å². The third-order valence-corrected chi connectivity index (χ3v) is 4.08. The molecule has 1 spiro atoms. The molecule has 1 saturated heterocycles. The van der Waals surface area contributed by atoms with Crippen molar-refractivity contribution in [3.05, 3.63) is 0 Å². The van der Waals surface area contributed by atoms with Gasteiger partial charge in [-0.05, 0) is 12.8 Å². The third kappa shape index (κ3) is 3.49. The van der Waals surface area contributed by atoms with Crippen molar-refractivity contribution >= 4 is 11.8 Å². The van der Waals surface area contributed by atoms with Crippen LogP contribution in [0.15, 0.2) is 0 Å². The lowest BCUT2D eigenvalue weighted by Crippen LogP contribution is -2.55. The second-order valence-electron chi connectivity index (χ2n) is 5.48. The first-order valence-electron chi connectivity index (χ1n) is 7.35. The summed E-state index contributed by atoms with van der Waals surface area (Å²) in [7, 11) is 1.63. The normalized spacial score (nSPS) is 22.1. The Labute approximate surface area is 119 Å². The lowest BCUT2D eigenvalue weighted by atomic mass is 9.96. The molecule has 114 valence electrons. The van der Waals surface area contributed by atoms with Crippen LogP contribution in [0.5, 0.6) is 0 Å². The first-order valence-corrected chi connectivity index (χ1v) is 7.35. The topological polar surface area (TPSA) is 67.9 Å². The number of hydrogen-bond donors (Lipinski definition) is 1. The molecule has 0 aromatic rings. The molecule has 0 unspecified atom stereocenters. The quantitative estimate of drug-likeness (QED) is 0.713. The molecule has 1 N–H and O–H groups in total. The summed E-state index contributed by atoms with van der Waals surface area (Å²) in [6.45, 7) is 2.59. The van der Waals surface area contributed by atoms with Crippen molar-refractivity contribution in [1.82, 2.24) is 10.2 Å². The standard InChI is InChI=1S/C14H24N2O4/c1-19-10-11-20-9-8-16-7-4-12(17)15-14(13(16)18)5-2-3-6-14/h2-11H2,1H3,(H,15,17). The molecule has 1 aliphatic heterocycles. The number of carbonyl (C=O) groups excluding carboxylic acids is 2. The number of rotatable bonds is 6. The van der Waals surface area contributed by atoms with Gasteiger partial charge in [-0.1, -0.05) is 12.8 Å². The molecule has 2 amide bonds. The van der Waals surface area contributed by atoms with E-state index < -0.39 is 5.54 Å². The number of carbonyl (C=O) groups is 2. The van der Waals surface area contributed by atoms with Gasteiger partial charge in [0.25, 0.3) is 0 Å². The second-order valence-corrected chi connectivity index (χ2v) is 5.48. The minimum Gasteiger partial charge on any atom is -0.382 e. The highest BCUT2D eigenvalue weighted by Crippen LogP contribution is 2.32. The van der Waals surface area contributed by atoms with Crippen molar-refractivity contribution in [3.63, 3.8) is 0 Å². The molecule has 0 atom stereocenters. The molecule has 6 heteroatoms. The van der Waals surface area contributed by atoms with Crippen LogP contribution in [-0.4, -0.2) is 62.3 Å². The number of hydrogen-bond acceptors (Lipinski definition) is 4. The largest absolute Gasteiger partial charge is 0.382 e. The SMILES string of the molecule is COCCOCCN1CCC(=O)NC2(CCCC2)C1=O. The molecule has 1 saturated carbocycles. The van der Waals surface area contributed by atoms with Gasteiger partial charge in [0.2, 0.25) is 11.8 Å². The Morgan fingerprint density at radius 2 is 1.95 bits per heavy atom. The van der Waals surface area contributed by atoms with Crippen LogP contribution < -0.4 is 5.32 Å². The molecule has 2 fully saturated rings. The number of methoxy groups -OCH3 is 1. The second kappa shape index (κ2) is 7.04. The molecule has 20 heavy (non-hydrogen) atoms. The first-order chi connectivity index (χ1) is 9.68. The highest BCUT2D eigenvalue weighted by molar-refractivity contribution is 5.93. The van der Waals surface area contributed by atoms with Crippen molar-refractivity contribution in [2.45, 2.75) is 37.6 Å². The average molecular weight is 284 g/mol.